The summed E-state index contributed by atoms with van der Waals surface area (Å²) in [5.74, 6) is -0.221. The molecule has 0 saturated carbocycles. The Labute approximate surface area is 136 Å². The van der Waals surface area contributed by atoms with Crippen LogP contribution in [0.15, 0.2) is 22.7 Å². The molecule has 21 heavy (non-hydrogen) atoms. The van der Waals surface area contributed by atoms with Crippen LogP contribution in [0.2, 0.25) is 0 Å². The largest absolute Gasteiger partial charge is 0.326 e. The van der Waals surface area contributed by atoms with Crippen LogP contribution in [0.4, 0.5) is 4.39 Å². The quantitative estimate of drug-likeness (QED) is 0.859. The fourth-order valence-corrected chi connectivity index (χ4v) is 3.69. The van der Waals surface area contributed by atoms with E-state index in [1.807, 2.05) is 12.1 Å². The molecule has 0 radical (unpaired) electrons. The Morgan fingerprint density at radius 3 is 2.57 bits per heavy atom. The van der Waals surface area contributed by atoms with Crippen molar-refractivity contribution in [1.82, 2.24) is 4.90 Å². The van der Waals surface area contributed by atoms with Crippen molar-refractivity contribution in [2.45, 2.75) is 57.5 Å². The minimum Gasteiger partial charge on any atom is -0.326 e. The van der Waals surface area contributed by atoms with E-state index in [0.29, 0.717) is 4.47 Å². The van der Waals surface area contributed by atoms with Gasteiger partial charge in [0.05, 0.1) is 4.47 Å². The number of hydrogen-bond acceptors (Lipinski definition) is 2. The highest BCUT2D eigenvalue weighted by Gasteiger charge is 2.36. The number of rotatable bonds is 5. The van der Waals surface area contributed by atoms with Crippen LogP contribution in [-0.4, -0.2) is 29.6 Å². The first-order valence-corrected chi connectivity index (χ1v) is 8.71. The van der Waals surface area contributed by atoms with Crippen LogP contribution in [0.1, 0.15) is 45.1 Å². The number of likely N-dealkylation sites (tertiary alicyclic amines) is 1. The van der Waals surface area contributed by atoms with Crippen LogP contribution in [0, 0.1) is 5.82 Å². The van der Waals surface area contributed by atoms with E-state index in [1.165, 1.54) is 25.3 Å². The molecule has 2 N–H and O–H groups in total. The zero-order valence-electron chi connectivity index (χ0n) is 13.0. The summed E-state index contributed by atoms with van der Waals surface area (Å²) in [7, 11) is 0. The minimum absolute atomic E-state index is 0.0152. The number of nitrogens with two attached hydrogens (primary N) is 1. The van der Waals surface area contributed by atoms with Crippen molar-refractivity contribution in [2.24, 2.45) is 5.73 Å². The molecule has 4 heteroatoms. The summed E-state index contributed by atoms with van der Waals surface area (Å²) in [6, 6.07) is 5.25. The summed E-state index contributed by atoms with van der Waals surface area (Å²) in [4.78, 5) is 2.56. The molecular weight excluding hydrogens is 331 g/mol. The van der Waals surface area contributed by atoms with E-state index >= 15 is 0 Å². The van der Waals surface area contributed by atoms with E-state index in [0.717, 1.165) is 31.5 Å². The molecule has 1 aliphatic heterocycles. The van der Waals surface area contributed by atoms with Gasteiger partial charge in [-0.05, 0) is 79.3 Å². The van der Waals surface area contributed by atoms with Crippen LogP contribution in [0.5, 0.6) is 0 Å². The van der Waals surface area contributed by atoms with Crippen molar-refractivity contribution < 1.29 is 4.39 Å². The maximum Gasteiger partial charge on any atom is 0.137 e. The Morgan fingerprint density at radius 1 is 1.33 bits per heavy atom. The summed E-state index contributed by atoms with van der Waals surface area (Å²) in [6.45, 7) is 6.78. The lowest BCUT2D eigenvalue weighted by Crippen LogP contribution is -2.59. The van der Waals surface area contributed by atoms with Crippen molar-refractivity contribution in [1.29, 1.82) is 0 Å². The normalized spacial score (nSPS) is 21.0. The highest BCUT2D eigenvalue weighted by Crippen LogP contribution is 2.29. The number of piperidine rings is 1. The van der Waals surface area contributed by atoms with Gasteiger partial charge in [0.15, 0.2) is 0 Å². The molecule has 1 aliphatic rings. The van der Waals surface area contributed by atoms with E-state index < -0.39 is 0 Å². The summed E-state index contributed by atoms with van der Waals surface area (Å²) in [6.07, 6.45) is 5.68. The Bertz CT molecular complexity index is 474. The molecule has 0 bridgehead atoms. The molecule has 1 fully saturated rings. The van der Waals surface area contributed by atoms with Crippen molar-refractivity contribution in [3.05, 3.63) is 34.1 Å². The molecule has 0 aliphatic carbocycles. The van der Waals surface area contributed by atoms with E-state index in [1.54, 1.807) is 0 Å². The van der Waals surface area contributed by atoms with Gasteiger partial charge in [-0.15, -0.1) is 0 Å². The van der Waals surface area contributed by atoms with Gasteiger partial charge in [-0.25, -0.2) is 4.39 Å². The van der Waals surface area contributed by atoms with Gasteiger partial charge in [-0.3, -0.25) is 4.90 Å². The number of hydrogen-bond donors (Lipinski definition) is 1. The molecule has 1 aromatic rings. The van der Waals surface area contributed by atoms with Gasteiger partial charge >= 0.3 is 0 Å². The van der Waals surface area contributed by atoms with Crippen LogP contribution < -0.4 is 5.73 Å². The van der Waals surface area contributed by atoms with Crippen LogP contribution in [0.25, 0.3) is 0 Å². The molecule has 0 amide bonds. The Morgan fingerprint density at radius 2 is 2.00 bits per heavy atom. The van der Waals surface area contributed by atoms with Gasteiger partial charge in [0.1, 0.15) is 5.82 Å². The van der Waals surface area contributed by atoms with Gasteiger partial charge < -0.3 is 5.73 Å². The van der Waals surface area contributed by atoms with Gasteiger partial charge in [0.25, 0.3) is 0 Å². The number of halogens is 2. The third-order valence-electron chi connectivity index (χ3n) is 5.03. The first kappa shape index (κ1) is 16.9. The second-order valence-electron chi connectivity index (χ2n) is 6.32. The third kappa shape index (κ3) is 3.85. The SMILES string of the molecule is CCC(C)(C(N)Cc1ccc(F)c(Br)c1)N1CCCCC1. The Hall–Kier alpha value is -0.450. The lowest BCUT2D eigenvalue weighted by atomic mass is 9.83. The average Bonchev–Trinajstić information content (AvgIpc) is 2.51. The van der Waals surface area contributed by atoms with Gasteiger partial charge in [0.2, 0.25) is 0 Å². The van der Waals surface area contributed by atoms with Crippen molar-refractivity contribution in [2.75, 3.05) is 13.1 Å². The maximum absolute atomic E-state index is 13.3. The predicted molar refractivity (Wildman–Crippen MR) is 89.9 cm³/mol. The molecule has 1 saturated heterocycles. The lowest BCUT2D eigenvalue weighted by Gasteiger charge is -2.47. The molecule has 1 aromatic carbocycles. The lowest BCUT2D eigenvalue weighted by molar-refractivity contribution is 0.0546. The first-order chi connectivity index (χ1) is 9.97. The Balaban J connectivity index is 2.11. The summed E-state index contributed by atoms with van der Waals surface area (Å²) < 4.78 is 13.9. The molecule has 2 unspecified atom stereocenters. The fraction of sp³-hybridized carbons (Fsp3) is 0.647. The van der Waals surface area contributed by atoms with E-state index in [4.69, 9.17) is 5.73 Å². The number of nitrogens with zero attached hydrogens (tertiary/aromatic N) is 1. The van der Waals surface area contributed by atoms with Crippen molar-refractivity contribution in [3.63, 3.8) is 0 Å². The molecule has 2 atom stereocenters. The van der Waals surface area contributed by atoms with E-state index in [-0.39, 0.29) is 17.4 Å². The molecule has 118 valence electrons. The molecule has 2 rings (SSSR count). The standard InChI is InChI=1S/C17H26BrFN2/c1-3-17(2,21-9-5-4-6-10-21)16(20)12-13-7-8-15(19)14(18)11-13/h7-8,11,16H,3-6,9-10,12,20H2,1-2H3. The number of benzene rings is 1. The summed E-state index contributed by atoms with van der Waals surface area (Å²) in [5, 5.41) is 0. The van der Waals surface area contributed by atoms with Crippen LogP contribution in [-0.2, 0) is 6.42 Å². The molecular formula is C17H26BrFN2. The highest BCUT2D eigenvalue weighted by atomic mass is 79.9. The second-order valence-corrected chi connectivity index (χ2v) is 7.17. The zero-order chi connectivity index (χ0) is 15.5. The monoisotopic (exact) mass is 356 g/mol. The van der Waals surface area contributed by atoms with Crippen LogP contribution >= 0.6 is 15.9 Å². The highest BCUT2D eigenvalue weighted by molar-refractivity contribution is 9.10. The van der Waals surface area contributed by atoms with Gasteiger partial charge in [-0.1, -0.05) is 19.4 Å². The topological polar surface area (TPSA) is 29.3 Å². The second kappa shape index (κ2) is 7.21. The zero-order valence-corrected chi connectivity index (χ0v) is 14.6. The molecule has 0 spiro atoms. The first-order valence-electron chi connectivity index (χ1n) is 7.92. The average molecular weight is 357 g/mol. The smallest absolute Gasteiger partial charge is 0.137 e. The van der Waals surface area contributed by atoms with Crippen LogP contribution in [0.3, 0.4) is 0 Å². The van der Waals surface area contributed by atoms with E-state index in [9.17, 15) is 4.39 Å². The van der Waals surface area contributed by atoms with Gasteiger partial charge in [-0.2, -0.15) is 0 Å². The summed E-state index contributed by atoms with van der Waals surface area (Å²) in [5.41, 5.74) is 7.67. The van der Waals surface area contributed by atoms with Crippen molar-refractivity contribution in [3.8, 4) is 0 Å². The molecule has 1 heterocycles. The Kier molecular flexibility index (Phi) is 5.81. The van der Waals surface area contributed by atoms with E-state index in [2.05, 4.69) is 34.7 Å². The minimum atomic E-state index is -0.221. The predicted octanol–water partition coefficient (Wildman–Crippen LogP) is 4.11. The van der Waals surface area contributed by atoms with Gasteiger partial charge in [0, 0.05) is 11.6 Å². The molecule has 0 aromatic heterocycles. The maximum atomic E-state index is 13.3. The van der Waals surface area contributed by atoms with Crippen molar-refractivity contribution >= 4 is 15.9 Å². The fourth-order valence-electron chi connectivity index (χ4n) is 3.27. The summed E-state index contributed by atoms with van der Waals surface area (Å²) >= 11 is 3.25. The molecule has 2 nitrogen and oxygen atoms in total. The third-order valence-corrected chi connectivity index (χ3v) is 5.64.